The molecule has 1 saturated heterocycles. The molecule has 0 bridgehead atoms. The summed E-state index contributed by atoms with van der Waals surface area (Å²) in [6, 6.07) is -0.326. The molecule has 0 spiro atoms. The maximum atomic E-state index is 12.9. The normalized spacial score (nSPS) is 24.6. The van der Waals surface area contributed by atoms with Gasteiger partial charge in [-0.15, -0.1) is 10.2 Å². The maximum Gasteiger partial charge on any atom is 0.252 e. The van der Waals surface area contributed by atoms with Crippen LogP contribution in [0.25, 0.3) is 0 Å². The average Bonchev–Trinajstić information content (AvgIpc) is 2.86. The van der Waals surface area contributed by atoms with Gasteiger partial charge in [0.15, 0.2) is 0 Å². The molecule has 1 saturated carbocycles. The Morgan fingerprint density at radius 1 is 1.25 bits per heavy atom. The highest BCUT2D eigenvalue weighted by Crippen LogP contribution is 2.26. The van der Waals surface area contributed by atoms with E-state index >= 15 is 0 Å². The fraction of sp³-hybridized carbons (Fsp3) is 0.824. The van der Waals surface area contributed by atoms with Gasteiger partial charge in [-0.05, 0) is 19.8 Å². The zero-order chi connectivity index (χ0) is 16.9. The standard InChI is InChI=1S/C17H27N3O4/c1-12(23-14-7-5-3-4-6-8-14)17(21)20-9-10-22-11-15(20)16-19-18-13(2)24-16/h12,14-15H,3-11H2,1-2H3/t12-,15+/m0/s1. The lowest BCUT2D eigenvalue weighted by Gasteiger charge is -2.35. The van der Waals surface area contributed by atoms with Crippen molar-refractivity contribution in [3.63, 3.8) is 0 Å². The van der Waals surface area contributed by atoms with Crippen molar-refractivity contribution in [1.82, 2.24) is 15.1 Å². The summed E-state index contributed by atoms with van der Waals surface area (Å²) in [5.74, 6) is 0.899. The van der Waals surface area contributed by atoms with E-state index in [1.54, 1.807) is 11.8 Å². The summed E-state index contributed by atoms with van der Waals surface area (Å²) in [6.07, 6.45) is 6.74. The lowest BCUT2D eigenvalue weighted by molar-refractivity contribution is -0.156. The van der Waals surface area contributed by atoms with Crippen molar-refractivity contribution in [1.29, 1.82) is 0 Å². The topological polar surface area (TPSA) is 77.7 Å². The number of aryl methyl sites for hydroxylation is 1. The van der Waals surface area contributed by atoms with Gasteiger partial charge in [-0.3, -0.25) is 4.79 Å². The van der Waals surface area contributed by atoms with E-state index in [1.807, 2.05) is 6.92 Å². The zero-order valence-corrected chi connectivity index (χ0v) is 14.6. The van der Waals surface area contributed by atoms with Gasteiger partial charge < -0.3 is 18.8 Å². The molecule has 0 aromatic carbocycles. The average molecular weight is 337 g/mol. The van der Waals surface area contributed by atoms with Crippen LogP contribution >= 0.6 is 0 Å². The Kier molecular flexibility index (Phi) is 5.84. The van der Waals surface area contributed by atoms with Crippen LogP contribution < -0.4 is 0 Å². The lowest BCUT2D eigenvalue weighted by Crippen LogP contribution is -2.48. The Hall–Kier alpha value is -1.47. The SMILES string of the molecule is Cc1nnc([C@H]2COCCN2C(=O)[C@H](C)OC2CCCCCC2)o1. The maximum absolute atomic E-state index is 12.9. The van der Waals surface area contributed by atoms with Crippen LogP contribution in [0.15, 0.2) is 4.42 Å². The van der Waals surface area contributed by atoms with Crippen LogP contribution in [0.5, 0.6) is 0 Å². The van der Waals surface area contributed by atoms with Crippen molar-refractivity contribution in [2.24, 2.45) is 0 Å². The first-order chi connectivity index (χ1) is 11.6. The minimum Gasteiger partial charge on any atom is -0.423 e. The first kappa shape index (κ1) is 17.4. The minimum absolute atomic E-state index is 0.0246. The van der Waals surface area contributed by atoms with Gasteiger partial charge in [-0.25, -0.2) is 0 Å². The van der Waals surface area contributed by atoms with Gasteiger partial charge in [-0.1, -0.05) is 25.7 Å². The van der Waals surface area contributed by atoms with E-state index in [4.69, 9.17) is 13.9 Å². The number of hydrogen-bond acceptors (Lipinski definition) is 6. The second kappa shape index (κ2) is 8.07. The van der Waals surface area contributed by atoms with E-state index in [9.17, 15) is 4.79 Å². The van der Waals surface area contributed by atoms with E-state index in [-0.39, 0.29) is 18.1 Å². The Morgan fingerprint density at radius 2 is 2.00 bits per heavy atom. The minimum atomic E-state index is -0.460. The van der Waals surface area contributed by atoms with Crippen molar-refractivity contribution < 1.29 is 18.7 Å². The first-order valence-electron chi connectivity index (χ1n) is 8.99. The molecule has 24 heavy (non-hydrogen) atoms. The number of nitrogens with zero attached hydrogens (tertiary/aromatic N) is 3. The predicted octanol–water partition coefficient (Wildman–Crippen LogP) is 2.41. The number of hydrogen-bond donors (Lipinski definition) is 0. The van der Waals surface area contributed by atoms with Crippen molar-refractivity contribution in [3.05, 3.63) is 11.8 Å². The number of carbonyl (C=O) groups excluding carboxylic acids is 1. The molecule has 0 N–H and O–H groups in total. The predicted molar refractivity (Wildman–Crippen MR) is 86.3 cm³/mol. The van der Waals surface area contributed by atoms with Crippen LogP contribution in [0.2, 0.25) is 0 Å². The van der Waals surface area contributed by atoms with Crippen LogP contribution in [0.3, 0.4) is 0 Å². The number of rotatable bonds is 4. The Balaban J connectivity index is 1.64. The fourth-order valence-corrected chi connectivity index (χ4v) is 3.48. The molecule has 2 atom stereocenters. The summed E-state index contributed by atoms with van der Waals surface area (Å²) in [6.45, 7) is 5.00. The molecule has 0 radical (unpaired) electrons. The fourth-order valence-electron chi connectivity index (χ4n) is 3.48. The molecule has 1 aliphatic heterocycles. The molecule has 1 aromatic rings. The number of carbonyl (C=O) groups is 1. The molecule has 1 aromatic heterocycles. The van der Waals surface area contributed by atoms with Crippen molar-refractivity contribution >= 4 is 5.91 Å². The molecule has 2 heterocycles. The zero-order valence-electron chi connectivity index (χ0n) is 14.6. The third-order valence-electron chi connectivity index (χ3n) is 4.78. The Bertz CT molecular complexity index is 540. The second-order valence-corrected chi connectivity index (χ2v) is 6.67. The van der Waals surface area contributed by atoms with Crippen LogP contribution in [-0.4, -0.2) is 53.0 Å². The lowest BCUT2D eigenvalue weighted by atomic mass is 10.1. The van der Waals surface area contributed by atoms with E-state index in [0.29, 0.717) is 31.5 Å². The molecule has 2 aliphatic rings. The van der Waals surface area contributed by atoms with Crippen LogP contribution in [0.1, 0.15) is 63.3 Å². The summed E-state index contributed by atoms with van der Waals surface area (Å²) >= 11 is 0. The van der Waals surface area contributed by atoms with E-state index in [2.05, 4.69) is 10.2 Å². The number of morpholine rings is 1. The molecule has 7 nitrogen and oxygen atoms in total. The molecule has 3 rings (SSSR count). The van der Waals surface area contributed by atoms with Crippen molar-refractivity contribution in [2.75, 3.05) is 19.8 Å². The molecule has 7 heteroatoms. The third-order valence-corrected chi connectivity index (χ3v) is 4.78. The molecule has 134 valence electrons. The van der Waals surface area contributed by atoms with Gasteiger partial charge in [0.25, 0.3) is 5.91 Å². The van der Waals surface area contributed by atoms with Crippen LogP contribution in [0.4, 0.5) is 0 Å². The van der Waals surface area contributed by atoms with Crippen molar-refractivity contribution in [2.45, 2.75) is 70.6 Å². The number of ether oxygens (including phenoxy) is 2. The largest absolute Gasteiger partial charge is 0.423 e. The highest BCUT2D eigenvalue weighted by molar-refractivity contribution is 5.81. The smallest absolute Gasteiger partial charge is 0.252 e. The van der Waals surface area contributed by atoms with Crippen LogP contribution in [-0.2, 0) is 14.3 Å². The monoisotopic (exact) mass is 337 g/mol. The molecular weight excluding hydrogens is 310 g/mol. The Morgan fingerprint density at radius 3 is 2.67 bits per heavy atom. The summed E-state index contributed by atoms with van der Waals surface area (Å²) < 4.78 is 17.1. The third kappa shape index (κ3) is 4.13. The first-order valence-corrected chi connectivity index (χ1v) is 8.99. The van der Waals surface area contributed by atoms with Gasteiger partial charge in [0, 0.05) is 13.5 Å². The molecule has 1 aliphatic carbocycles. The second-order valence-electron chi connectivity index (χ2n) is 6.67. The van der Waals surface area contributed by atoms with Crippen molar-refractivity contribution in [3.8, 4) is 0 Å². The summed E-state index contributed by atoms with van der Waals surface area (Å²) in [5, 5.41) is 7.92. The van der Waals surface area contributed by atoms with Gasteiger partial charge in [0.05, 0.1) is 19.3 Å². The summed E-state index contributed by atoms with van der Waals surface area (Å²) in [4.78, 5) is 14.7. The Labute approximate surface area is 142 Å². The summed E-state index contributed by atoms with van der Waals surface area (Å²) in [7, 11) is 0. The van der Waals surface area contributed by atoms with E-state index < -0.39 is 6.10 Å². The molecule has 0 unspecified atom stereocenters. The van der Waals surface area contributed by atoms with E-state index in [1.165, 1.54) is 25.7 Å². The van der Waals surface area contributed by atoms with E-state index in [0.717, 1.165) is 12.8 Å². The molecule has 1 amide bonds. The highest BCUT2D eigenvalue weighted by atomic mass is 16.5. The van der Waals surface area contributed by atoms with Gasteiger partial charge in [0.2, 0.25) is 11.8 Å². The summed E-state index contributed by atoms with van der Waals surface area (Å²) in [5.41, 5.74) is 0. The van der Waals surface area contributed by atoms with Gasteiger partial charge in [-0.2, -0.15) is 0 Å². The quantitative estimate of drug-likeness (QED) is 0.785. The van der Waals surface area contributed by atoms with Gasteiger partial charge in [0.1, 0.15) is 12.1 Å². The number of aromatic nitrogens is 2. The highest BCUT2D eigenvalue weighted by Gasteiger charge is 2.35. The molecular formula is C17H27N3O4. The van der Waals surface area contributed by atoms with Gasteiger partial charge >= 0.3 is 0 Å². The number of amides is 1. The molecule has 2 fully saturated rings. The van der Waals surface area contributed by atoms with Crippen LogP contribution in [0, 0.1) is 6.92 Å².